The minimum absolute atomic E-state index is 0.305. The Morgan fingerprint density at radius 1 is 0.864 bits per heavy atom. The van der Waals surface area contributed by atoms with Crippen molar-refractivity contribution in [1.82, 2.24) is 5.43 Å². The summed E-state index contributed by atoms with van der Waals surface area (Å²) >= 11 is 23.5. The van der Waals surface area contributed by atoms with E-state index >= 15 is 0 Å². The maximum atomic E-state index is 12.0. The van der Waals surface area contributed by atoms with Gasteiger partial charge >= 0.3 is 0 Å². The Bertz CT molecular complexity index is 759. The smallest absolute Gasteiger partial charge is 0.267 e. The van der Waals surface area contributed by atoms with Crippen molar-refractivity contribution in [3.8, 4) is 0 Å². The van der Waals surface area contributed by atoms with E-state index in [0.29, 0.717) is 31.4 Å². The summed E-state index contributed by atoms with van der Waals surface area (Å²) in [5.74, 6) is -0.391. The van der Waals surface area contributed by atoms with E-state index in [2.05, 4.69) is 10.5 Å². The monoisotopic (exact) mass is 374 g/mol. The van der Waals surface area contributed by atoms with Crippen LogP contribution >= 0.6 is 46.4 Å². The van der Waals surface area contributed by atoms with Gasteiger partial charge in [0.2, 0.25) is 0 Å². The molecular weight excluding hydrogens is 366 g/mol. The van der Waals surface area contributed by atoms with E-state index in [9.17, 15) is 4.79 Å². The molecule has 0 bridgehead atoms. The first-order valence-corrected chi connectivity index (χ1v) is 7.65. The van der Waals surface area contributed by atoms with Gasteiger partial charge < -0.3 is 0 Å². The summed E-state index contributed by atoms with van der Waals surface area (Å²) in [4.78, 5) is 12.0. The molecule has 0 aliphatic rings. The Morgan fingerprint density at radius 2 is 1.36 bits per heavy atom. The van der Waals surface area contributed by atoms with Crippen molar-refractivity contribution in [3.05, 3.63) is 67.6 Å². The third-order valence-corrected chi connectivity index (χ3v) is 4.32. The minimum Gasteiger partial charge on any atom is -0.267 e. The van der Waals surface area contributed by atoms with Crippen molar-refractivity contribution in [2.75, 3.05) is 0 Å². The number of hydrogen-bond acceptors (Lipinski definition) is 2. The van der Waals surface area contributed by atoms with Crippen LogP contribution in [-0.4, -0.2) is 11.6 Å². The number of nitrogens with zero attached hydrogens (tertiary/aromatic N) is 1. The Labute approximate surface area is 147 Å². The summed E-state index contributed by atoms with van der Waals surface area (Å²) in [6.07, 6.45) is 0. The van der Waals surface area contributed by atoms with Crippen LogP contribution in [0.3, 0.4) is 0 Å². The second kappa shape index (κ2) is 7.34. The molecule has 0 unspecified atom stereocenters. The van der Waals surface area contributed by atoms with Gasteiger partial charge in [-0.3, -0.25) is 4.79 Å². The van der Waals surface area contributed by atoms with Crippen LogP contribution in [0, 0.1) is 0 Å². The number of hydrogen-bond donors (Lipinski definition) is 1. The van der Waals surface area contributed by atoms with E-state index in [0.717, 1.165) is 5.56 Å². The molecular formula is C15H10Cl4N2O. The summed E-state index contributed by atoms with van der Waals surface area (Å²) in [7, 11) is 0. The minimum atomic E-state index is -0.391. The second-order valence-electron chi connectivity index (χ2n) is 4.40. The van der Waals surface area contributed by atoms with Gasteiger partial charge in [-0.05, 0) is 42.8 Å². The van der Waals surface area contributed by atoms with E-state index in [4.69, 9.17) is 46.4 Å². The lowest BCUT2D eigenvalue weighted by Gasteiger charge is -2.05. The first kappa shape index (κ1) is 17.1. The highest BCUT2D eigenvalue weighted by molar-refractivity contribution is 6.42. The quantitative estimate of drug-likeness (QED) is 0.562. The molecule has 0 spiro atoms. The molecule has 7 heteroatoms. The fourth-order valence-corrected chi connectivity index (χ4v) is 2.22. The van der Waals surface area contributed by atoms with Crippen LogP contribution in [-0.2, 0) is 0 Å². The zero-order chi connectivity index (χ0) is 16.3. The van der Waals surface area contributed by atoms with Crippen molar-refractivity contribution < 1.29 is 4.79 Å². The highest BCUT2D eigenvalue weighted by Crippen LogP contribution is 2.23. The maximum absolute atomic E-state index is 12.0. The van der Waals surface area contributed by atoms with Crippen molar-refractivity contribution in [2.24, 2.45) is 5.10 Å². The summed E-state index contributed by atoms with van der Waals surface area (Å²) < 4.78 is 0. The number of rotatable bonds is 3. The van der Waals surface area contributed by atoms with Gasteiger partial charge in [0.25, 0.3) is 5.91 Å². The number of carbonyl (C=O) groups is 1. The van der Waals surface area contributed by atoms with Crippen LogP contribution in [0.25, 0.3) is 0 Å². The molecule has 0 aliphatic heterocycles. The summed E-state index contributed by atoms with van der Waals surface area (Å²) in [5, 5.41) is 5.60. The lowest BCUT2D eigenvalue weighted by atomic mass is 10.1. The topological polar surface area (TPSA) is 41.5 Å². The standard InChI is InChI=1S/C15H10Cl4N2O/c1-8(9-2-4-11(16)13(18)6-9)20-21-15(22)10-3-5-12(17)14(19)7-10/h2-7H,1H3,(H,21,22)/b20-8+. The number of carbonyl (C=O) groups excluding carboxylic acids is 1. The maximum Gasteiger partial charge on any atom is 0.271 e. The number of halogens is 4. The first-order valence-electron chi connectivity index (χ1n) is 6.13. The molecule has 2 aromatic rings. The molecule has 1 amide bonds. The third-order valence-electron chi connectivity index (χ3n) is 2.84. The van der Waals surface area contributed by atoms with Crippen LogP contribution in [0.5, 0.6) is 0 Å². The molecule has 22 heavy (non-hydrogen) atoms. The highest BCUT2D eigenvalue weighted by Gasteiger charge is 2.08. The van der Waals surface area contributed by atoms with Gasteiger partial charge in [-0.2, -0.15) is 5.10 Å². The molecule has 0 aliphatic carbocycles. The summed E-state index contributed by atoms with van der Waals surface area (Å²) in [5.41, 5.74) is 4.15. The van der Waals surface area contributed by atoms with Gasteiger partial charge in [-0.25, -0.2) is 5.43 Å². The highest BCUT2D eigenvalue weighted by atomic mass is 35.5. The van der Waals surface area contributed by atoms with E-state index in [1.165, 1.54) is 6.07 Å². The molecule has 0 aromatic heterocycles. The van der Waals surface area contributed by atoms with Crippen LogP contribution in [0.2, 0.25) is 20.1 Å². The molecule has 0 atom stereocenters. The van der Waals surface area contributed by atoms with Gasteiger partial charge in [0.1, 0.15) is 0 Å². The molecule has 0 fully saturated rings. The van der Waals surface area contributed by atoms with Crippen molar-refractivity contribution in [3.63, 3.8) is 0 Å². The third kappa shape index (κ3) is 4.14. The van der Waals surface area contributed by atoms with Gasteiger partial charge in [-0.15, -0.1) is 0 Å². The number of amides is 1. The van der Waals surface area contributed by atoms with E-state index in [-0.39, 0.29) is 0 Å². The molecule has 2 aromatic carbocycles. The zero-order valence-corrected chi connectivity index (χ0v) is 14.4. The van der Waals surface area contributed by atoms with Gasteiger partial charge in [-0.1, -0.05) is 52.5 Å². The number of hydrazone groups is 1. The van der Waals surface area contributed by atoms with E-state index in [1.807, 2.05) is 0 Å². The fraction of sp³-hybridized carbons (Fsp3) is 0.0667. The summed E-state index contributed by atoms with van der Waals surface area (Å²) in [6.45, 7) is 1.74. The SMILES string of the molecule is C/C(=N\NC(=O)c1ccc(Cl)c(Cl)c1)c1ccc(Cl)c(Cl)c1. The molecule has 0 saturated heterocycles. The molecule has 114 valence electrons. The van der Waals surface area contributed by atoms with Crippen LogP contribution in [0.1, 0.15) is 22.8 Å². The molecule has 2 rings (SSSR count). The zero-order valence-electron chi connectivity index (χ0n) is 11.3. The van der Waals surface area contributed by atoms with Crippen LogP contribution in [0.15, 0.2) is 41.5 Å². The van der Waals surface area contributed by atoms with Gasteiger partial charge in [0, 0.05) is 5.56 Å². The Kier molecular flexibility index (Phi) is 5.70. The molecule has 0 saturated carbocycles. The Hall–Kier alpha value is -1.26. The predicted octanol–water partition coefficient (Wildman–Crippen LogP) is 5.45. The molecule has 1 N–H and O–H groups in total. The molecule has 0 heterocycles. The first-order chi connectivity index (χ1) is 10.4. The Morgan fingerprint density at radius 3 is 1.91 bits per heavy atom. The molecule has 3 nitrogen and oxygen atoms in total. The average Bonchev–Trinajstić information content (AvgIpc) is 2.50. The Balaban J connectivity index is 2.14. The van der Waals surface area contributed by atoms with Gasteiger partial charge in [0.15, 0.2) is 0 Å². The predicted molar refractivity (Wildman–Crippen MR) is 92.6 cm³/mol. The lowest BCUT2D eigenvalue weighted by Crippen LogP contribution is -2.19. The van der Waals surface area contributed by atoms with Crippen molar-refractivity contribution in [1.29, 1.82) is 0 Å². The average molecular weight is 376 g/mol. The largest absolute Gasteiger partial charge is 0.271 e. The van der Waals surface area contributed by atoms with Gasteiger partial charge in [0.05, 0.1) is 25.8 Å². The number of nitrogens with one attached hydrogen (secondary N) is 1. The fourth-order valence-electron chi connectivity index (χ4n) is 1.62. The van der Waals surface area contributed by atoms with Crippen LogP contribution in [0.4, 0.5) is 0 Å². The summed E-state index contributed by atoms with van der Waals surface area (Å²) in [6, 6.07) is 9.69. The van der Waals surface area contributed by atoms with Crippen molar-refractivity contribution >= 4 is 58.0 Å². The number of benzene rings is 2. The van der Waals surface area contributed by atoms with E-state index < -0.39 is 5.91 Å². The lowest BCUT2D eigenvalue weighted by molar-refractivity contribution is 0.0955. The normalized spacial score (nSPS) is 11.4. The van der Waals surface area contributed by atoms with Crippen LogP contribution < -0.4 is 5.43 Å². The molecule has 0 radical (unpaired) electrons. The second-order valence-corrected chi connectivity index (χ2v) is 6.02. The van der Waals surface area contributed by atoms with Crippen molar-refractivity contribution in [2.45, 2.75) is 6.92 Å². The van der Waals surface area contributed by atoms with E-state index in [1.54, 1.807) is 37.3 Å².